The minimum Gasteiger partial charge on any atom is -0.391 e. The Bertz CT molecular complexity index is 501. The van der Waals surface area contributed by atoms with Crippen molar-refractivity contribution in [1.29, 1.82) is 0 Å². The van der Waals surface area contributed by atoms with Crippen LogP contribution in [-0.2, 0) is 13.0 Å². The average molecular weight is 188 g/mol. The number of aryl methyl sites for hydroxylation is 1. The fourth-order valence-electron chi connectivity index (χ4n) is 2.25. The van der Waals surface area contributed by atoms with Crippen LogP contribution in [0.3, 0.4) is 0 Å². The molecule has 1 atom stereocenters. The fraction of sp³-hybridized carbons (Fsp3) is 0.364. The number of hydrogen-bond donors (Lipinski definition) is 1. The van der Waals surface area contributed by atoms with E-state index >= 15 is 0 Å². The topological polar surface area (TPSA) is 38.0 Å². The first-order valence-electron chi connectivity index (χ1n) is 4.88. The number of rotatable bonds is 0. The number of aromatic nitrogens is 2. The predicted molar refractivity (Wildman–Crippen MR) is 54.2 cm³/mol. The van der Waals surface area contributed by atoms with E-state index in [1.165, 1.54) is 11.1 Å². The van der Waals surface area contributed by atoms with Crippen LogP contribution < -0.4 is 0 Å². The maximum atomic E-state index is 9.53. The van der Waals surface area contributed by atoms with Crippen LogP contribution in [0, 0.1) is 6.92 Å². The molecular formula is C11H12N2O. The number of fused-ring (bicyclic) bond motifs is 3. The Balaban J connectivity index is 2.35. The minimum absolute atomic E-state index is 0.249. The number of imidazole rings is 1. The van der Waals surface area contributed by atoms with Crippen LogP contribution in [0.1, 0.15) is 11.4 Å². The zero-order valence-electron chi connectivity index (χ0n) is 8.07. The van der Waals surface area contributed by atoms with Gasteiger partial charge in [0.25, 0.3) is 0 Å². The molecule has 1 aromatic carbocycles. The van der Waals surface area contributed by atoms with Crippen molar-refractivity contribution in [2.75, 3.05) is 0 Å². The molecule has 0 fully saturated rings. The Morgan fingerprint density at radius 2 is 2.36 bits per heavy atom. The molecule has 0 saturated carbocycles. The zero-order chi connectivity index (χ0) is 9.71. The van der Waals surface area contributed by atoms with Crippen LogP contribution in [0.4, 0.5) is 0 Å². The van der Waals surface area contributed by atoms with E-state index < -0.39 is 0 Å². The van der Waals surface area contributed by atoms with E-state index in [0.717, 1.165) is 11.3 Å². The molecule has 0 aliphatic carbocycles. The predicted octanol–water partition coefficient (Wildman–Crippen LogP) is 1.26. The highest BCUT2D eigenvalue weighted by molar-refractivity contribution is 5.79. The normalized spacial score (nSPS) is 20.3. The number of benzene rings is 1. The van der Waals surface area contributed by atoms with Crippen molar-refractivity contribution in [2.24, 2.45) is 0 Å². The van der Waals surface area contributed by atoms with Crippen LogP contribution in [0.15, 0.2) is 18.2 Å². The number of nitrogens with zero attached hydrogens (tertiary/aromatic N) is 2. The average Bonchev–Trinajstić information content (AvgIpc) is 2.60. The Hall–Kier alpha value is -1.35. The monoisotopic (exact) mass is 188 g/mol. The second kappa shape index (κ2) is 2.58. The van der Waals surface area contributed by atoms with E-state index in [0.29, 0.717) is 13.0 Å². The second-order valence-electron chi connectivity index (χ2n) is 3.94. The summed E-state index contributed by atoms with van der Waals surface area (Å²) in [5.41, 5.74) is 3.46. The van der Waals surface area contributed by atoms with Gasteiger partial charge < -0.3 is 9.67 Å². The lowest BCUT2D eigenvalue weighted by Gasteiger charge is -2.03. The van der Waals surface area contributed by atoms with Gasteiger partial charge in [0, 0.05) is 6.42 Å². The van der Waals surface area contributed by atoms with Crippen molar-refractivity contribution in [3.8, 4) is 0 Å². The molecule has 2 heterocycles. The molecular weight excluding hydrogens is 176 g/mol. The van der Waals surface area contributed by atoms with E-state index in [1.807, 2.05) is 12.1 Å². The molecule has 3 rings (SSSR count). The Morgan fingerprint density at radius 1 is 1.50 bits per heavy atom. The maximum Gasteiger partial charge on any atom is 0.112 e. The summed E-state index contributed by atoms with van der Waals surface area (Å²) in [6.45, 7) is 2.78. The van der Waals surface area contributed by atoms with Crippen molar-refractivity contribution in [3.05, 3.63) is 29.6 Å². The van der Waals surface area contributed by atoms with Gasteiger partial charge in [-0.2, -0.15) is 0 Å². The molecule has 1 N–H and O–H groups in total. The van der Waals surface area contributed by atoms with Crippen molar-refractivity contribution >= 4 is 11.0 Å². The summed E-state index contributed by atoms with van der Waals surface area (Å²) in [5, 5.41) is 9.53. The molecule has 14 heavy (non-hydrogen) atoms. The molecule has 1 unspecified atom stereocenters. The van der Waals surface area contributed by atoms with Gasteiger partial charge in [0.1, 0.15) is 5.82 Å². The molecule has 0 bridgehead atoms. The van der Waals surface area contributed by atoms with Gasteiger partial charge in [-0.3, -0.25) is 0 Å². The smallest absolute Gasteiger partial charge is 0.112 e. The lowest BCUT2D eigenvalue weighted by Crippen LogP contribution is -2.07. The number of para-hydroxylation sites is 1. The fourth-order valence-corrected chi connectivity index (χ4v) is 2.25. The minimum atomic E-state index is -0.249. The Morgan fingerprint density at radius 3 is 3.21 bits per heavy atom. The van der Waals surface area contributed by atoms with E-state index in [2.05, 4.69) is 22.5 Å². The Kier molecular flexibility index (Phi) is 1.47. The quantitative estimate of drug-likeness (QED) is 0.676. The third-order valence-corrected chi connectivity index (χ3v) is 2.86. The van der Waals surface area contributed by atoms with E-state index in [4.69, 9.17) is 0 Å². The van der Waals surface area contributed by atoms with Crippen molar-refractivity contribution in [2.45, 2.75) is 26.0 Å². The summed E-state index contributed by atoms with van der Waals surface area (Å²) in [7, 11) is 0. The lowest BCUT2D eigenvalue weighted by atomic mass is 10.2. The van der Waals surface area contributed by atoms with Gasteiger partial charge in [0.2, 0.25) is 0 Å². The largest absolute Gasteiger partial charge is 0.391 e. The highest BCUT2D eigenvalue weighted by Crippen LogP contribution is 2.25. The molecule has 0 radical (unpaired) electrons. The van der Waals surface area contributed by atoms with Gasteiger partial charge in [0.05, 0.1) is 23.7 Å². The highest BCUT2D eigenvalue weighted by Gasteiger charge is 2.23. The van der Waals surface area contributed by atoms with Crippen LogP contribution in [-0.4, -0.2) is 20.8 Å². The van der Waals surface area contributed by atoms with Gasteiger partial charge in [0.15, 0.2) is 0 Å². The molecule has 3 heteroatoms. The van der Waals surface area contributed by atoms with E-state index in [-0.39, 0.29) is 6.10 Å². The molecule has 3 nitrogen and oxygen atoms in total. The maximum absolute atomic E-state index is 9.53. The number of aliphatic hydroxyl groups is 1. The van der Waals surface area contributed by atoms with Crippen LogP contribution in [0.5, 0.6) is 0 Å². The van der Waals surface area contributed by atoms with Gasteiger partial charge in [-0.15, -0.1) is 0 Å². The van der Waals surface area contributed by atoms with Crippen molar-refractivity contribution in [3.63, 3.8) is 0 Å². The first kappa shape index (κ1) is 8.00. The summed E-state index contributed by atoms with van der Waals surface area (Å²) in [5.74, 6) is 1.02. The van der Waals surface area contributed by atoms with Crippen LogP contribution >= 0.6 is 0 Å². The summed E-state index contributed by atoms with van der Waals surface area (Å²) >= 11 is 0. The Labute approximate surface area is 82.0 Å². The third kappa shape index (κ3) is 0.930. The van der Waals surface area contributed by atoms with Gasteiger partial charge in [-0.05, 0) is 18.6 Å². The van der Waals surface area contributed by atoms with Crippen LogP contribution in [0.25, 0.3) is 11.0 Å². The summed E-state index contributed by atoms with van der Waals surface area (Å²) in [4.78, 5) is 4.51. The molecule has 1 aliphatic heterocycles. The summed E-state index contributed by atoms with van der Waals surface area (Å²) in [6, 6.07) is 6.14. The van der Waals surface area contributed by atoms with Gasteiger partial charge in [-0.1, -0.05) is 12.1 Å². The molecule has 72 valence electrons. The SMILES string of the molecule is Cc1cccc2nc3n(c12)CC(O)C3. The van der Waals surface area contributed by atoms with E-state index in [9.17, 15) is 5.11 Å². The second-order valence-corrected chi connectivity index (χ2v) is 3.94. The molecule has 1 aromatic heterocycles. The summed E-state index contributed by atoms with van der Waals surface area (Å²) in [6.07, 6.45) is 0.440. The summed E-state index contributed by atoms with van der Waals surface area (Å²) < 4.78 is 2.13. The first-order chi connectivity index (χ1) is 6.75. The van der Waals surface area contributed by atoms with Gasteiger partial charge >= 0.3 is 0 Å². The molecule has 0 amide bonds. The molecule has 1 aliphatic rings. The van der Waals surface area contributed by atoms with Crippen molar-refractivity contribution < 1.29 is 5.11 Å². The van der Waals surface area contributed by atoms with E-state index in [1.54, 1.807) is 0 Å². The standard InChI is InChI=1S/C11H12N2O/c1-7-3-2-4-9-11(7)13-6-8(14)5-10(13)12-9/h2-4,8,14H,5-6H2,1H3. The van der Waals surface area contributed by atoms with Gasteiger partial charge in [-0.25, -0.2) is 4.98 Å². The molecule has 2 aromatic rings. The highest BCUT2D eigenvalue weighted by atomic mass is 16.3. The number of aliphatic hydroxyl groups excluding tert-OH is 1. The lowest BCUT2D eigenvalue weighted by molar-refractivity contribution is 0.176. The van der Waals surface area contributed by atoms with Crippen molar-refractivity contribution in [1.82, 2.24) is 9.55 Å². The first-order valence-corrected chi connectivity index (χ1v) is 4.88. The molecule has 0 spiro atoms. The molecule has 0 saturated heterocycles. The van der Waals surface area contributed by atoms with Crippen LogP contribution in [0.2, 0.25) is 0 Å². The zero-order valence-corrected chi connectivity index (χ0v) is 8.07. The third-order valence-electron chi connectivity index (χ3n) is 2.86. The number of hydrogen-bond acceptors (Lipinski definition) is 2.